The third-order valence-electron chi connectivity index (χ3n) is 12.7. The van der Waals surface area contributed by atoms with Crippen LogP contribution in [0, 0.1) is 0 Å². The Morgan fingerprint density at radius 1 is 0.404 bits per heavy atom. The average Bonchev–Trinajstić information content (AvgIpc) is 3.19. The van der Waals surface area contributed by atoms with Gasteiger partial charge in [0.25, 0.3) is 0 Å². The molecular weight excluding hydrogens is 699 g/mol. The van der Waals surface area contributed by atoms with E-state index >= 15 is 0 Å². The van der Waals surface area contributed by atoms with E-state index in [1.165, 1.54) is 231 Å². The number of hydrogen-bond acceptors (Lipinski definition) is 4. The lowest BCUT2D eigenvalue weighted by Crippen LogP contribution is -2.30. The minimum Gasteiger partial charge on any atom is -0.393 e. The van der Waals surface area contributed by atoms with Gasteiger partial charge in [0.2, 0.25) is 0 Å². The highest BCUT2D eigenvalue weighted by molar-refractivity contribution is 5.56. The first-order valence-corrected chi connectivity index (χ1v) is 26.1. The Labute approximate surface area is 360 Å². The van der Waals surface area contributed by atoms with Gasteiger partial charge in [-0.15, -0.1) is 0 Å². The van der Waals surface area contributed by atoms with Crippen LogP contribution in [0.25, 0.3) is 0 Å². The van der Waals surface area contributed by atoms with Crippen molar-refractivity contribution in [3.63, 3.8) is 0 Å². The number of methoxy groups -OCH3 is 1. The SMILES string of the molecule is CCCCCCCCCCCCCCCCCCCCC(CCCCCCCCCCCCCCCCCCCC)O/N=C/CCC(C)(C)OCCC(C)(C)OC. The molecule has 0 atom stereocenters. The van der Waals surface area contributed by atoms with Crippen molar-refractivity contribution >= 4 is 6.21 Å². The van der Waals surface area contributed by atoms with Crippen LogP contribution < -0.4 is 0 Å². The van der Waals surface area contributed by atoms with Crippen LogP contribution in [0.15, 0.2) is 5.16 Å². The normalized spacial score (nSPS) is 12.5. The number of nitrogens with zero attached hydrogens (tertiary/aromatic N) is 1. The first kappa shape index (κ1) is 56.4. The molecule has 0 spiro atoms. The molecule has 0 radical (unpaired) electrons. The van der Waals surface area contributed by atoms with Gasteiger partial charge in [0.15, 0.2) is 0 Å². The lowest BCUT2D eigenvalue weighted by atomic mass is 10.0. The van der Waals surface area contributed by atoms with Gasteiger partial charge in [0.1, 0.15) is 6.10 Å². The van der Waals surface area contributed by atoms with E-state index in [-0.39, 0.29) is 17.3 Å². The topological polar surface area (TPSA) is 40.0 Å². The third-order valence-corrected chi connectivity index (χ3v) is 12.7. The standard InChI is InChI=1S/C53H107NO3/c1-8-10-12-14-16-18-20-22-24-26-28-30-32-34-36-38-40-42-45-51(57-54-49-44-47-53(5,6)56-50-48-52(3,4)55-7)46-43-41-39-37-35-33-31-29-27-25-23-21-19-17-15-13-11-9-2/h49,51H,8-48,50H2,1-7H3/b54-49+. The number of hydrogen-bond donors (Lipinski definition) is 0. The van der Waals surface area contributed by atoms with Gasteiger partial charge in [0.05, 0.1) is 17.8 Å². The molecule has 0 heterocycles. The summed E-state index contributed by atoms with van der Waals surface area (Å²) in [7, 11) is 1.78. The summed E-state index contributed by atoms with van der Waals surface area (Å²) in [6.07, 6.45) is 58.5. The van der Waals surface area contributed by atoms with Crippen LogP contribution in [0.3, 0.4) is 0 Å². The molecule has 57 heavy (non-hydrogen) atoms. The molecule has 4 nitrogen and oxygen atoms in total. The van der Waals surface area contributed by atoms with Crippen molar-refractivity contribution in [2.45, 2.75) is 322 Å². The van der Waals surface area contributed by atoms with Gasteiger partial charge in [-0.05, 0) is 72.6 Å². The zero-order valence-corrected chi connectivity index (χ0v) is 40.5. The minimum atomic E-state index is -0.171. The van der Waals surface area contributed by atoms with E-state index < -0.39 is 0 Å². The smallest absolute Gasteiger partial charge is 0.127 e. The fourth-order valence-corrected chi connectivity index (χ4v) is 8.14. The lowest BCUT2D eigenvalue weighted by Gasteiger charge is -2.28. The summed E-state index contributed by atoms with van der Waals surface area (Å²) in [6.45, 7) is 13.9. The molecule has 0 aliphatic heterocycles. The van der Waals surface area contributed by atoms with Gasteiger partial charge in [-0.25, -0.2) is 0 Å². The molecule has 4 heteroatoms. The fourth-order valence-electron chi connectivity index (χ4n) is 8.14. The van der Waals surface area contributed by atoms with Crippen molar-refractivity contribution in [1.29, 1.82) is 0 Å². The Hall–Kier alpha value is -0.610. The summed E-state index contributed by atoms with van der Waals surface area (Å²) in [6, 6.07) is 0. The van der Waals surface area contributed by atoms with Crippen molar-refractivity contribution in [2.75, 3.05) is 13.7 Å². The van der Waals surface area contributed by atoms with E-state index in [1.807, 2.05) is 6.21 Å². The molecule has 0 fully saturated rings. The van der Waals surface area contributed by atoms with E-state index in [4.69, 9.17) is 14.3 Å². The average molecular weight is 806 g/mol. The highest BCUT2D eigenvalue weighted by Crippen LogP contribution is 2.22. The molecule has 0 aromatic rings. The molecule has 0 unspecified atom stereocenters. The van der Waals surface area contributed by atoms with Crippen LogP contribution in [0.2, 0.25) is 0 Å². The van der Waals surface area contributed by atoms with Crippen LogP contribution in [0.4, 0.5) is 0 Å². The lowest BCUT2D eigenvalue weighted by molar-refractivity contribution is -0.0602. The molecular formula is C53H107NO3. The number of unbranched alkanes of at least 4 members (excludes halogenated alkanes) is 34. The van der Waals surface area contributed by atoms with E-state index in [1.54, 1.807) is 7.11 Å². The van der Waals surface area contributed by atoms with Crippen molar-refractivity contribution in [2.24, 2.45) is 5.16 Å². The van der Waals surface area contributed by atoms with Gasteiger partial charge >= 0.3 is 0 Å². The Kier molecular flexibility index (Phi) is 43.0. The molecule has 0 saturated carbocycles. The van der Waals surface area contributed by atoms with Gasteiger partial charge in [-0.3, -0.25) is 0 Å². The van der Waals surface area contributed by atoms with Crippen LogP contribution in [0.1, 0.15) is 305 Å². The third kappa shape index (κ3) is 44.8. The Morgan fingerprint density at radius 3 is 1.00 bits per heavy atom. The molecule has 0 aromatic heterocycles. The Balaban J connectivity index is 4.16. The van der Waals surface area contributed by atoms with Crippen LogP contribution in [-0.4, -0.2) is 37.2 Å². The van der Waals surface area contributed by atoms with E-state index in [2.05, 4.69) is 46.7 Å². The number of oxime groups is 1. The molecule has 0 aliphatic rings. The first-order valence-electron chi connectivity index (χ1n) is 26.1. The molecule has 0 amide bonds. The van der Waals surface area contributed by atoms with Crippen LogP contribution >= 0.6 is 0 Å². The number of ether oxygens (including phenoxy) is 2. The molecule has 0 saturated heterocycles. The largest absolute Gasteiger partial charge is 0.393 e. The van der Waals surface area contributed by atoms with E-state index in [9.17, 15) is 0 Å². The van der Waals surface area contributed by atoms with Crippen LogP contribution in [0.5, 0.6) is 0 Å². The first-order chi connectivity index (χ1) is 27.8. The zero-order chi connectivity index (χ0) is 41.8. The second kappa shape index (κ2) is 43.5. The summed E-state index contributed by atoms with van der Waals surface area (Å²) < 4.78 is 11.8. The highest BCUT2D eigenvalue weighted by atomic mass is 16.6. The van der Waals surface area contributed by atoms with E-state index in [0.717, 1.165) is 32.1 Å². The van der Waals surface area contributed by atoms with Gasteiger partial charge in [0, 0.05) is 13.3 Å². The minimum absolute atomic E-state index is 0.141. The van der Waals surface area contributed by atoms with Crippen LogP contribution in [-0.2, 0) is 14.3 Å². The predicted molar refractivity (Wildman–Crippen MR) is 255 cm³/mol. The quantitative estimate of drug-likeness (QED) is 0.0349. The predicted octanol–water partition coefficient (Wildman–Crippen LogP) is 18.6. The fraction of sp³-hybridized carbons (Fsp3) is 0.981. The molecule has 0 rings (SSSR count). The maximum Gasteiger partial charge on any atom is 0.127 e. The molecule has 0 N–H and O–H groups in total. The number of rotatable bonds is 48. The summed E-state index contributed by atoms with van der Waals surface area (Å²) in [5.41, 5.74) is -0.312. The summed E-state index contributed by atoms with van der Waals surface area (Å²) in [5.74, 6) is 0. The molecule has 0 aromatic carbocycles. The highest BCUT2D eigenvalue weighted by Gasteiger charge is 2.21. The van der Waals surface area contributed by atoms with E-state index in [0.29, 0.717) is 6.61 Å². The molecule has 0 aliphatic carbocycles. The van der Waals surface area contributed by atoms with Crippen molar-refractivity contribution < 1.29 is 14.3 Å². The maximum absolute atomic E-state index is 6.20. The van der Waals surface area contributed by atoms with Crippen molar-refractivity contribution in [3.05, 3.63) is 0 Å². The second-order valence-corrected chi connectivity index (χ2v) is 19.5. The second-order valence-electron chi connectivity index (χ2n) is 19.5. The van der Waals surface area contributed by atoms with Gasteiger partial charge < -0.3 is 14.3 Å². The Morgan fingerprint density at radius 2 is 0.702 bits per heavy atom. The summed E-state index contributed by atoms with van der Waals surface area (Å²) >= 11 is 0. The Bertz CT molecular complexity index is 755. The summed E-state index contributed by atoms with van der Waals surface area (Å²) in [5, 5.41) is 4.50. The summed E-state index contributed by atoms with van der Waals surface area (Å²) in [4.78, 5) is 6.18. The molecule has 0 bridgehead atoms. The van der Waals surface area contributed by atoms with Crippen molar-refractivity contribution in [3.8, 4) is 0 Å². The maximum atomic E-state index is 6.20. The van der Waals surface area contributed by atoms with Gasteiger partial charge in [-0.2, -0.15) is 0 Å². The van der Waals surface area contributed by atoms with Gasteiger partial charge in [-0.1, -0.05) is 237 Å². The molecule has 342 valence electrons. The monoisotopic (exact) mass is 806 g/mol. The van der Waals surface area contributed by atoms with Crippen molar-refractivity contribution in [1.82, 2.24) is 0 Å². The zero-order valence-electron chi connectivity index (χ0n) is 40.5.